The molecule has 0 saturated heterocycles. The standard InChI is InChI=1S/C23H31N5O4S/c1-4-5-11-27-21(24)20(22(31)25-23(27)32)28(13-15(2)3)18(29)10-12-26-16-8-6-7-9-17(16)33-14-19(26)30/h6-9,15H,4-5,10-14,24H2,1-3H3,(H,25,31,32). The molecule has 1 aromatic heterocycles. The second-order valence-corrected chi connectivity index (χ2v) is 9.47. The number of hydrogen-bond acceptors (Lipinski definition) is 6. The van der Waals surface area contributed by atoms with E-state index in [-0.39, 0.29) is 48.7 Å². The molecule has 0 unspecified atom stereocenters. The molecule has 2 aromatic rings. The first kappa shape index (κ1) is 24.6. The van der Waals surface area contributed by atoms with Crippen LogP contribution in [0.15, 0.2) is 38.8 Å². The number of H-pyrrole nitrogens is 1. The molecule has 1 aliphatic heterocycles. The fourth-order valence-corrected chi connectivity index (χ4v) is 4.74. The van der Waals surface area contributed by atoms with Crippen LogP contribution < -0.4 is 26.8 Å². The molecule has 0 bridgehead atoms. The van der Waals surface area contributed by atoms with Gasteiger partial charge in [-0.3, -0.25) is 23.9 Å². The second kappa shape index (κ2) is 10.7. The smallest absolute Gasteiger partial charge is 0.330 e. The summed E-state index contributed by atoms with van der Waals surface area (Å²) in [6.07, 6.45) is 1.57. The summed E-state index contributed by atoms with van der Waals surface area (Å²) in [7, 11) is 0. The van der Waals surface area contributed by atoms with Crippen LogP contribution in [0.4, 0.5) is 17.2 Å². The van der Waals surface area contributed by atoms with E-state index in [0.29, 0.717) is 18.7 Å². The number of para-hydroxylation sites is 1. The predicted octanol–water partition coefficient (Wildman–Crippen LogP) is 2.44. The zero-order valence-electron chi connectivity index (χ0n) is 19.3. The zero-order chi connectivity index (χ0) is 24.1. The first-order valence-electron chi connectivity index (χ1n) is 11.2. The highest BCUT2D eigenvalue weighted by Gasteiger charge is 2.28. The number of aromatic nitrogens is 2. The van der Waals surface area contributed by atoms with Crippen LogP contribution in [0.3, 0.4) is 0 Å². The molecule has 1 aliphatic rings. The number of anilines is 3. The molecule has 3 N–H and O–H groups in total. The number of carbonyl (C=O) groups is 2. The highest BCUT2D eigenvalue weighted by atomic mass is 32.2. The van der Waals surface area contributed by atoms with Gasteiger partial charge >= 0.3 is 5.69 Å². The summed E-state index contributed by atoms with van der Waals surface area (Å²) in [5, 5.41) is 0. The second-order valence-electron chi connectivity index (χ2n) is 8.45. The molecule has 10 heteroatoms. The van der Waals surface area contributed by atoms with Gasteiger partial charge in [-0.15, -0.1) is 11.8 Å². The Labute approximate surface area is 197 Å². The van der Waals surface area contributed by atoms with E-state index in [1.165, 1.54) is 21.2 Å². The van der Waals surface area contributed by atoms with Gasteiger partial charge in [0.1, 0.15) is 5.82 Å². The van der Waals surface area contributed by atoms with Crippen molar-refractivity contribution in [2.24, 2.45) is 5.92 Å². The molecule has 0 radical (unpaired) electrons. The Morgan fingerprint density at radius 2 is 1.94 bits per heavy atom. The average molecular weight is 474 g/mol. The van der Waals surface area contributed by atoms with Gasteiger partial charge in [0.25, 0.3) is 5.56 Å². The number of thioether (sulfide) groups is 1. The van der Waals surface area contributed by atoms with E-state index in [1.807, 2.05) is 45.0 Å². The number of nitrogens with one attached hydrogen (secondary N) is 1. The molecule has 0 aliphatic carbocycles. The Hall–Kier alpha value is -3.01. The monoisotopic (exact) mass is 473 g/mol. The number of unbranched alkanes of at least 4 members (excludes halogenated alkanes) is 1. The third-order valence-corrected chi connectivity index (χ3v) is 6.47. The number of hydrogen-bond donors (Lipinski definition) is 2. The molecule has 0 spiro atoms. The number of carbonyl (C=O) groups excluding carboxylic acids is 2. The van der Waals surface area contributed by atoms with Gasteiger partial charge in [-0.25, -0.2) is 4.79 Å². The van der Waals surface area contributed by atoms with Crippen molar-refractivity contribution in [3.63, 3.8) is 0 Å². The molecule has 1 aromatic carbocycles. The van der Waals surface area contributed by atoms with Crippen LogP contribution in [0.5, 0.6) is 0 Å². The molecule has 0 fully saturated rings. The van der Waals surface area contributed by atoms with Crippen LogP contribution in [-0.4, -0.2) is 40.2 Å². The fraction of sp³-hybridized carbons (Fsp3) is 0.478. The maximum absolute atomic E-state index is 13.3. The molecule has 0 atom stereocenters. The molecule has 3 rings (SSSR count). The normalized spacial score (nSPS) is 13.3. The fourth-order valence-electron chi connectivity index (χ4n) is 3.80. The maximum Gasteiger partial charge on any atom is 0.330 e. The van der Waals surface area contributed by atoms with Crippen molar-refractivity contribution in [1.29, 1.82) is 0 Å². The number of amides is 2. The van der Waals surface area contributed by atoms with Gasteiger partial charge in [-0.1, -0.05) is 39.3 Å². The quantitative estimate of drug-likeness (QED) is 0.577. The number of nitrogens with zero attached hydrogens (tertiary/aromatic N) is 3. The summed E-state index contributed by atoms with van der Waals surface area (Å²) < 4.78 is 1.31. The minimum atomic E-state index is -0.685. The van der Waals surface area contributed by atoms with Crippen LogP contribution in [0.25, 0.3) is 0 Å². The van der Waals surface area contributed by atoms with Gasteiger partial charge in [-0.2, -0.15) is 0 Å². The van der Waals surface area contributed by atoms with E-state index >= 15 is 0 Å². The summed E-state index contributed by atoms with van der Waals surface area (Å²) in [5.74, 6) is -0.0346. The molecular formula is C23H31N5O4S. The summed E-state index contributed by atoms with van der Waals surface area (Å²) in [6.45, 7) is 6.65. The zero-order valence-corrected chi connectivity index (χ0v) is 20.1. The van der Waals surface area contributed by atoms with Crippen LogP contribution in [0.2, 0.25) is 0 Å². The Morgan fingerprint density at radius 3 is 2.64 bits per heavy atom. The Bertz CT molecular complexity index is 1140. The summed E-state index contributed by atoms with van der Waals surface area (Å²) in [6, 6.07) is 7.59. The van der Waals surface area contributed by atoms with E-state index in [4.69, 9.17) is 5.73 Å². The van der Waals surface area contributed by atoms with Gasteiger partial charge in [-0.05, 0) is 24.5 Å². The minimum Gasteiger partial charge on any atom is -0.383 e. The molecule has 0 saturated carbocycles. The molecule has 9 nitrogen and oxygen atoms in total. The summed E-state index contributed by atoms with van der Waals surface area (Å²) in [4.78, 5) is 57.2. The average Bonchev–Trinajstić information content (AvgIpc) is 2.77. The Morgan fingerprint density at radius 1 is 1.21 bits per heavy atom. The lowest BCUT2D eigenvalue weighted by atomic mass is 10.1. The number of nitrogen functional groups attached to an aromatic ring is 1. The van der Waals surface area contributed by atoms with E-state index in [2.05, 4.69) is 4.98 Å². The first-order chi connectivity index (χ1) is 15.7. The van der Waals surface area contributed by atoms with Gasteiger partial charge < -0.3 is 15.5 Å². The topological polar surface area (TPSA) is 121 Å². The number of benzene rings is 1. The number of nitrogens with two attached hydrogens (primary N) is 1. The van der Waals surface area contributed by atoms with Crippen LogP contribution in [0.1, 0.15) is 40.0 Å². The predicted molar refractivity (Wildman–Crippen MR) is 132 cm³/mol. The lowest BCUT2D eigenvalue weighted by molar-refractivity contribution is -0.118. The van der Waals surface area contributed by atoms with E-state index in [1.54, 1.807) is 4.90 Å². The lowest BCUT2D eigenvalue weighted by Crippen LogP contribution is -2.44. The first-order valence-corrected chi connectivity index (χ1v) is 12.2. The van der Waals surface area contributed by atoms with Crippen molar-refractivity contribution < 1.29 is 9.59 Å². The highest BCUT2D eigenvalue weighted by molar-refractivity contribution is 8.00. The van der Waals surface area contributed by atoms with Crippen molar-refractivity contribution in [2.45, 2.75) is 51.5 Å². The molecule has 2 amide bonds. The van der Waals surface area contributed by atoms with Crippen LogP contribution in [0, 0.1) is 5.92 Å². The maximum atomic E-state index is 13.3. The van der Waals surface area contributed by atoms with E-state index < -0.39 is 11.2 Å². The van der Waals surface area contributed by atoms with Crippen molar-refractivity contribution in [3.05, 3.63) is 45.1 Å². The molecule has 33 heavy (non-hydrogen) atoms. The van der Waals surface area contributed by atoms with Crippen LogP contribution >= 0.6 is 11.8 Å². The molecule has 178 valence electrons. The third-order valence-electron chi connectivity index (χ3n) is 5.43. The summed E-state index contributed by atoms with van der Waals surface area (Å²) >= 11 is 1.48. The van der Waals surface area contributed by atoms with E-state index in [9.17, 15) is 19.2 Å². The number of rotatable bonds is 9. The Kier molecular flexibility index (Phi) is 8.01. The molecular weight excluding hydrogens is 442 g/mol. The molecule has 2 heterocycles. The minimum absolute atomic E-state index is 0.00895. The van der Waals surface area contributed by atoms with E-state index in [0.717, 1.165) is 17.0 Å². The van der Waals surface area contributed by atoms with Gasteiger partial charge in [0.2, 0.25) is 11.8 Å². The Balaban J connectivity index is 1.90. The van der Waals surface area contributed by atoms with Crippen molar-refractivity contribution in [1.82, 2.24) is 9.55 Å². The largest absolute Gasteiger partial charge is 0.383 e. The van der Waals surface area contributed by atoms with Crippen LogP contribution in [-0.2, 0) is 16.1 Å². The number of aromatic amines is 1. The van der Waals surface area contributed by atoms with Crippen molar-refractivity contribution >= 4 is 40.8 Å². The number of fused-ring (bicyclic) bond motifs is 1. The highest BCUT2D eigenvalue weighted by Crippen LogP contribution is 2.35. The third kappa shape index (κ3) is 5.50. The SMILES string of the molecule is CCCCn1c(N)c(N(CC(C)C)C(=O)CCN2C(=O)CSc3ccccc32)c(=O)[nH]c1=O. The van der Waals surface area contributed by atoms with Crippen molar-refractivity contribution in [2.75, 3.05) is 34.4 Å². The lowest BCUT2D eigenvalue weighted by Gasteiger charge is -2.30. The van der Waals surface area contributed by atoms with Crippen molar-refractivity contribution in [3.8, 4) is 0 Å². The summed E-state index contributed by atoms with van der Waals surface area (Å²) in [5.41, 5.74) is 5.75. The van der Waals surface area contributed by atoms with Gasteiger partial charge in [0.05, 0.1) is 11.4 Å². The van der Waals surface area contributed by atoms with Gasteiger partial charge in [0, 0.05) is 31.0 Å². The van der Waals surface area contributed by atoms with Gasteiger partial charge in [0.15, 0.2) is 5.69 Å².